The number of hydrogen-bond donors (Lipinski definition) is 2. The highest BCUT2D eigenvalue weighted by molar-refractivity contribution is 8.01. The minimum Gasteiger partial charge on any atom is -0.376 e. The second-order valence-electron chi connectivity index (χ2n) is 8.29. The molecule has 8 heteroatoms. The molecule has 0 spiro atoms. The molecule has 1 amide bonds. The molecule has 1 saturated heterocycles. The zero-order chi connectivity index (χ0) is 21.5. The maximum atomic E-state index is 12.6. The average molecular weight is 449 g/mol. The smallest absolute Gasteiger partial charge is 0.230 e. The average Bonchev–Trinajstić information content (AvgIpc) is 3.40. The zero-order valence-electron chi connectivity index (χ0n) is 18.2. The lowest BCUT2D eigenvalue weighted by Crippen LogP contribution is -2.33. The highest BCUT2D eigenvalue weighted by Gasteiger charge is 2.20. The Kier molecular flexibility index (Phi) is 8.53. The molecule has 164 valence electrons. The van der Waals surface area contributed by atoms with Gasteiger partial charge in [-0.05, 0) is 35.8 Å². The number of hydrogen-bond acceptors (Lipinski definition) is 7. The number of nitrogens with one attached hydrogen (secondary N) is 2. The Balaban J connectivity index is 1.48. The highest BCUT2D eigenvalue weighted by Crippen LogP contribution is 2.27. The Morgan fingerprint density at radius 3 is 2.57 bits per heavy atom. The van der Waals surface area contributed by atoms with Crippen molar-refractivity contribution in [2.24, 2.45) is 5.92 Å². The summed E-state index contributed by atoms with van der Waals surface area (Å²) in [5.74, 6) is 1.14. The Morgan fingerprint density at radius 1 is 1.20 bits per heavy atom. The van der Waals surface area contributed by atoms with Gasteiger partial charge in [-0.25, -0.2) is 0 Å². The number of anilines is 1. The molecule has 1 aliphatic heterocycles. The fourth-order valence-electron chi connectivity index (χ4n) is 3.41. The molecule has 6 nitrogen and oxygen atoms in total. The summed E-state index contributed by atoms with van der Waals surface area (Å²) < 4.78 is 6.40. The van der Waals surface area contributed by atoms with Crippen molar-refractivity contribution in [2.45, 2.75) is 62.9 Å². The normalized spacial score (nSPS) is 17.5. The first kappa shape index (κ1) is 23.0. The van der Waals surface area contributed by atoms with Crippen LogP contribution in [0.5, 0.6) is 0 Å². The first-order chi connectivity index (χ1) is 14.4. The molecule has 1 aromatic heterocycles. The third-order valence-corrected chi connectivity index (χ3v) is 7.20. The van der Waals surface area contributed by atoms with Gasteiger partial charge >= 0.3 is 0 Å². The SMILES string of the molecule is CC(C)c1ccc(C(NC(=O)CSc2nnc(NCC3CCCO3)s2)C(C)C)cc1. The van der Waals surface area contributed by atoms with Gasteiger partial charge in [-0.2, -0.15) is 0 Å². The summed E-state index contributed by atoms with van der Waals surface area (Å²) in [5, 5.41) is 15.6. The van der Waals surface area contributed by atoms with Crippen molar-refractivity contribution in [1.29, 1.82) is 0 Å². The molecule has 2 atom stereocenters. The highest BCUT2D eigenvalue weighted by atomic mass is 32.2. The maximum Gasteiger partial charge on any atom is 0.230 e. The molecular formula is C22H32N4O2S2. The molecule has 2 aromatic rings. The lowest BCUT2D eigenvalue weighted by Gasteiger charge is -2.23. The van der Waals surface area contributed by atoms with Crippen LogP contribution < -0.4 is 10.6 Å². The molecule has 0 radical (unpaired) electrons. The summed E-state index contributed by atoms with van der Waals surface area (Å²) in [5.41, 5.74) is 2.45. The van der Waals surface area contributed by atoms with Crippen molar-refractivity contribution in [3.63, 3.8) is 0 Å². The van der Waals surface area contributed by atoms with Crippen LogP contribution in [0, 0.1) is 5.92 Å². The molecule has 0 aliphatic carbocycles. The standard InChI is InChI=1S/C22H32N4O2S2/c1-14(2)16-7-9-17(10-8-16)20(15(3)4)24-19(27)13-29-22-26-25-21(30-22)23-12-18-6-5-11-28-18/h7-10,14-15,18,20H,5-6,11-13H2,1-4H3,(H,23,25)(H,24,27). The number of carbonyl (C=O) groups is 1. The van der Waals surface area contributed by atoms with Crippen molar-refractivity contribution in [2.75, 3.05) is 24.2 Å². The molecule has 1 aliphatic rings. The van der Waals surface area contributed by atoms with Gasteiger partial charge in [0.05, 0.1) is 17.9 Å². The second kappa shape index (κ2) is 11.1. The monoisotopic (exact) mass is 448 g/mol. The number of rotatable bonds is 10. The van der Waals surface area contributed by atoms with Crippen LogP contribution in [0.1, 0.15) is 63.6 Å². The van der Waals surface area contributed by atoms with Gasteiger partial charge in [0.1, 0.15) is 0 Å². The lowest BCUT2D eigenvalue weighted by molar-refractivity contribution is -0.119. The summed E-state index contributed by atoms with van der Waals surface area (Å²) >= 11 is 2.90. The van der Waals surface area contributed by atoms with E-state index in [4.69, 9.17) is 4.74 Å². The first-order valence-electron chi connectivity index (χ1n) is 10.6. The molecule has 2 N–H and O–H groups in total. The van der Waals surface area contributed by atoms with Gasteiger partial charge in [0.15, 0.2) is 4.34 Å². The predicted molar refractivity (Wildman–Crippen MR) is 124 cm³/mol. The van der Waals surface area contributed by atoms with Crippen LogP contribution in [-0.4, -0.2) is 41.1 Å². The Bertz CT molecular complexity index is 802. The summed E-state index contributed by atoms with van der Waals surface area (Å²) in [7, 11) is 0. The van der Waals surface area contributed by atoms with E-state index in [9.17, 15) is 4.79 Å². The van der Waals surface area contributed by atoms with Crippen molar-refractivity contribution >= 4 is 34.1 Å². The molecule has 0 saturated carbocycles. The minimum absolute atomic E-state index is 0.00243. The lowest BCUT2D eigenvalue weighted by atomic mass is 9.93. The number of benzene rings is 1. The number of aromatic nitrogens is 2. The van der Waals surface area contributed by atoms with Gasteiger partial charge in [0.2, 0.25) is 11.0 Å². The number of ether oxygens (including phenoxy) is 1. The van der Waals surface area contributed by atoms with E-state index >= 15 is 0 Å². The minimum atomic E-state index is -0.00243. The number of carbonyl (C=O) groups excluding carboxylic acids is 1. The maximum absolute atomic E-state index is 12.6. The van der Waals surface area contributed by atoms with Crippen molar-refractivity contribution in [1.82, 2.24) is 15.5 Å². The third-order valence-electron chi connectivity index (χ3n) is 5.18. The molecule has 2 heterocycles. The van der Waals surface area contributed by atoms with Gasteiger partial charge in [-0.1, -0.05) is 75.1 Å². The van der Waals surface area contributed by atoms with Crippen LogP contribution in [0.15, 0.2) is 28.6 Å². The fraction of sp³-hybridized carbons (Fsp3) is 0.591. The summed E-state index contributed by atoms with van der Waals surface area (Å²) in [6.45, 7) is 10.2. The third kappa shape index (κ3) is 6.68. The Morgan fingerprint density at radius 2 is 1.93 bits per heavy atom. The van der Waals surface area contributed by atoms with Crippen molar-refractivity contribution < 1.29 is 9.53 Å². The van der Waals surface area contributed by atoms with Gasteiger partial charge < -0.3 is 15.4 Å². The molecule has 1 fully saturated rings. The Hall–Kier alpha value is -1.64. The summed E-state index contributed by atoms with van der Waals surface area (Å²) in [4.78, 5) is 12.6. The summed E-state index contributed by atoms with van der Waals surface area (Å²) in [6, 6.07) is 8.57. The van der Waals surface area contributed by atoms with E-state index in [1.165, 1.54) is 28.7 Å². The predicted octanol–water partition coefficient (Wildman–Crippen LogP) is 4.86. The molecule has 2 unspecified atom stereocenters. The van der Waals surface area contributed by atoms with Gasteiger partial charge in [0.25, 0.3) is 0 Å². The van der Waals surface area contributed by atoms with Crippen LogP contribution in [-0.2, 0) is 9.53 Å². The van der Waals surface area contributed by atoms with E-state index in [-0.39, 0.29) is 18.1 Å². The van der Waals surface area contributed by atoms with Crippen molar-refractivity contribution in [3.8, 4) is 0 Å². The van der Waals surface area contributed by atoms with Crippen LogP contribution in [0.25, 0.3) is 0 Å². The van der Waals surface area contributed by atoms with E-state index in [1.54, 1.807) is 0 Å². The van der Waals surface area contributed by atoms with Gasteiger partial charge in [-0.3, -0.25) is 4.79 Å². The number of amides is 1. The largest absolute Gasteiger partial charge is 0.376 e. The van der Waals surface area contributed by atoms with E-state index < -0.39 is 0 Å². The number of thioether (sulfide) groups is 1. The molecule has 1 aromatic carbocycles. The van der Waals surface area contributed by atoms with Gasteiger partial charge in [0, 0.05) is 13.2 Å². The molecule has 30 heavy (non-hydrogen) atoms. The summed E-state index contributed by atoms with van der Waals surface area (Å²) in [6.07, 6.45) is 2.47. The van der Waals surface area contributed by atoms with Crippen LogP contribution >= 0.6 is 23.1 Å². The first-order valence-corrected chi connectivity index (χ1v) is 12.4. The molecule has 3 rings (SSSR count). The van der Waals surface area contributed by atoms with E-state index in [1.807, 2.05) is 0 Å². The molecular weight excluding hydrogens is 416 g/mol. The Labute approximate surface area is 187 Å². The van der Waals surface area contributed by atoms with Crippen LogP contribution in [0.4, 0.5) is 5.13 Å². The fourth-order valence-corrected chi connectivity index (χ4v) is 4.98. The van der Waals surface area contributed by atoms with Crippen LogP contribution in [0.3, 0.4) is 0 Å². The van der Waals surface area contributed by atoms with E-state index in [0.717, 1.165) is 41.0 Å². The molecule has 0 bridgehead atoms. The van der Waals surface area contributed by atoms with E-state index in [2.05, 4.69) is 72.8 Å². The van der Waals surface area contributed by atoms with Crippen molar-refractivity contribution in [3.05, 3.63) is 35.4 Å². The van der Waals surface area contributed by atoms with Crippen LogP contribution in [0.2, 0.25) is 0 Å². The van der Waals surface area contributed by atoms with Gasteiger partial charge in [-0.15, -0.1) is 10.2 Å². The van der Waals surface area contributed by atoms with E-state index in [0.29, 0.717) is 17.6 Å². The topological polar surface area (TPSA) is 76.1 Å². The number of nitrogens with zero attached hydrogens (tertiary/aromatic N) is 2. The zero-order valence-corrected chi connectivity index (χ0v) is 19.8. The second-order valence-corrected chi connectivity index (χ2v) is 10.5. The quantitative estimate of drug-likeness (QED) is 0.506.